The number of primary amides is 1. The Morgan fingerprint density at radius 1 is 1.03 bits per heavy atom. The van der Waals surface area contributed by atoms with Crippen LogP contribution in [0.15, 0.2) is 66.9 Å². The minimum Gasteiger partial charge on any atom is -0.493 e. The first kappa shape index (κ1) is 26.2. The molecular weight excluding hydrogens is 490 g/mol. The highest BCUT2D eigenvalue weighted by atomic mass is 16.5. The number of rotatable bonds is 6. The van der Waals surface area contributed by atoms with Gasteiger partial charge in [-0.25, -0.2) is 0 Å². The lowest BCUT2D eigenvalue weighted by atomic mass is 9.83. The molecule has 0 saturated heterocycles. The van der Waals surface area contributed by atoms with E-state index in [0.717, 1.165) is 22.0 Å². The van der Waals surface area contributed by atoms with Gasteiger partial charge in [0, 0.05) is 35.3 Å². The summed E-state index contributed by atoms with van der Waals surface area (Å²) >= 11 is 0. The van der Waals surface area contributed by atoms with Crippen molar-refractivity contribution in [2.45, 2.75) is 45.2 Å². The summed E-state index contributed by atoms with van der Waals surface area (Å²) < 4.78 is 11.0. The molecule has 5 rings (SSSR count). The molecular formula is C32H33N3O4. The van der Waals surface area contributed by atoms with Crippen LogP contribution in [0.25, 0.3) is 10.9 Å². The quantitative estimate of drug-likeness (QED) is 0.356. The van der Waals surface area contributed by atoms with E-state index >= 15 is 0 Å². The summed E-state index contributed by atoms with van der Waals surface area (Å²) in [6.45, 7) is 6.86. The molecule has 1 aromatic heterocycles. The van der Waals surface area contributed by atoms with Gasteiger partial charge in [-0.2, -0.15) is 0 Å². The van der Waals surface area contributed by atoms with Crippen molar-refractivity contribution < 1.29 is 19.1 Å². The molecule has 0 aliphatic carbocycles. The normalized spacial score (nSPS) is 15.3. The maximum atomic E-state index is 14.1. The molecule has 1 aliphatic heterocycles. The SMILES string of the molecule is COc1cc2nccc(CN3C(=O)c4cccc(C(N)=O)c4CC3c3ccc(C(C)(C)C)cc3)c2cc1OC. The topological polar surface area (TPSA) is 94.8 Å². The number of carbonyl (C=O) groups excluding carboxylic acids is 2. The molecule has 0 saturated carbocycles. The summed E-state index contributed by atoms with van der Waals surface area (Å²) in [5, 5.41) is 0.876. The Kier molecular flexibility index (Phi) is 6.76. The van der Waals surface area contributed by atoms with Crippen LogP contribution in [-0.4, -0.2) is 35.9 Å². The van der Waals surface area contributed by atoms with E-state index in [0.29, 0.717) is 41.2 Å². The lowest BCUT2D eigenvalue weighted by Crippen LogP contribution is -2.41. The minimum absolute atomic E-state index is 0.00239. The summed E-state index contributed by atoms with van der Waals surface area (Å²) in [4.78, 5) is 32.8. The first-order valence-electron chi connectivity index (χ1n) is 12.9. The number of hydrogen-bond donors (Lipinski definition) is 1. The molecule has 0 bridgehead atoms. The molecule has 0 spiro atoms. The monoisotopic (exact) mass is 523 g/mol. The van der Waals surface area contributed by atoms with Crippen molar-refractivity contribution in [3.8, 4) is 11.5 Å². The van der Waals surface area contributed by atoms with Gasteiger partial charge in [0.2, 0.25) is 5.91 Å². The van der Waals surface area contributed by atoms with Crippen molar-refractivity contribution in [1.82, 2.24) is 9.88 Å². The zero-order valence-electron chi connectivity index (χ0n) is 22.9. The number of ether oxygens (including phenoxy) is 2. The van der Waals surface area contributed by atoms with Gasteiger partial charge in [-0.15, -0.1) is 0 Å². The smallest absolute Gasteiger partial charge is 0.254 e. The third-order valence-electron chi connectivity index (χ3n) is 7.55. The first-order valence-corrected chi connectivity index (χ1v) is 12.9. The predicted molar refractivity (Wildman–Crippen MR) is 151 cm³/mol. The number of nitrogens with two attached hydrogens (primary N) is 1. The Hall–Kier alpha value is -4.39. The maximum absolute atomic E-state index is 14.1. The fourth-order valence-corrected chi connectivity index (χ4v) is 5.37. The summed E-state index contributed by atoms with van der Waals surface area (Å²) in [6, 6.07) is 19.0. The van der Waals surface area contributed by atoms with Crippen LogP contribution in [0.2, 0.25) is 0 Å². The number of methoxy groups -OCH3 is 2. The van der Waals surface area contributed by atoms with E-state index in [1.807, 2.05) is 23.1 Å². The molecule has 3 aromatic carbocycles. The second-order valence-corrected chi connectivity index (χ2v) is 10.9. The number of hydrogen-bond acceptors (Lipinski definition) is 5. The summed E-state index contributed by atoms with van der Waals surface area (Å²) in [6.07, 6.45) is 2.22. The number of carbonyl (C=O) groups is 2. The molecule has 1 aliphatic rings. The van der Waals surface area contributed by atoms with Gasteiger partial charge in [0.15, 0.2) is 11.5 Å². The highest BCUT2D eigenvalue weighted by Gasteiger charge is 2.35. The van der Waals surface area contributed by atoms with E-state index in [1.165, 1.54) is 5.56 Å². The fourth-order valence-electron chi connectivity index (χ4n) is 5.37. The number of aromatic nitrogens is 1. The number of pyridine rings is 1. The largest absolute Gasteiger partial charge is 0.493 e. The van der Waals surface area contributed by atoms with Crippen LogP contribution in [0.1, 0.15) is 69.8 Å². The molecule has 39 heavy (non-hydrogen) atoms. The van der Waals surface area contributed by atoms with Gasteiger partial charge in [-0.05, 0) is 58.4 Å². The van der Waals surface area contributed by atoms with Gasteiger partial charge in [0.25, 0.3) is 5.91 Å². The molecule has 2 heterocycles. The van der Waals surface area contributed by atoms with Gasteiger partial charge in [0.1, 0.15) is 0 Å². The predicted octanol–water partition coefficient (Wildman–Crippen LogP) is 5.59. The van der Waals surface area contributed by atoms with Crippen LogP contribution < -0.4 is 15.2 Å². The van der Waals surface area contributed by atoms with Crippen molar-refractivity contribution in [3.05, 3.63) is 100 Å². The number of amides is 2. The van der Waals surface area contributed by atoms with Crippen molar-refractivity contribution in [1.29, 1.82) is 0 Å². The molecule has 1 atom stereocenters. The summed E-state index contributed by atoms with van der Waals surface area (Å²) in [5.74, 6) is 0.509. The number of nitrogens with zero attached hydrogens (tertiary/aromatic N) is 2. The van der Waals surface area contributed by atoms with E-state index in [2.05, 4.69) is 50.0 Å². The molecule has 7 nitrogen and oxygen atoms in total. The fraction of sp³-hybridized carbons (Fsp3) is 0.281. The second kappa shape index (κ2) is 10.1. The van der Waals surface area contributed by atoms with Crippen molar-refractivity contribution in [3.63, 3.8) is 0 Å². The Balaban J connectivity index is 1.63. The van der Waals surface area contributed by atoms with Gasteiger partial charge in [-0.1, -0.05) is 51.1 Å². The Morgan fingerprint density at radius 3 is 2.36 bits per heavy atom. The second-order valence-electron chi connectivity index (χ2n) is 10.9. The molecule has 1 unspecified atom stereocenters. The van der Waals surface area contributed by atoms with Crippen LogP contribution >= 0.6 is 0 Å². The average Bonchev–Trinajstić information content (AvgIpc) is 2.93. The van der Waals surface area contributed by atoms with Crippen LogP contribution in [0.3, 0.4) is 0 Å². The molecule has 7 heteroatoms. The molecule has 0 radical (unpaired) electrons. The molecule has 4 aromatic rings. The maximum Gasteiger partial charge on any atom is 0.254 e. The van der Waals surface area contributed by atoms with Crippen LogP contribution in [0.5, 0.6) is 11.5 Å². The number of fused-ring (bicyclic) bond motifs is 2. The van der Waals surface area contributed by atoms with E-state index in [4.69, 9.17) is 15.2 Å². The van der Waals surface area contributed by atoms with E-state index in [-0.39, 0.29) is 17.4 Å². The Morgan fingerprint density at radius 2 is 1.72 bits per heavy atom. The van der Waals surface area contributed by atoms with Crippen molar-refractivity contribution in [2.75, 3.05) is 14.2 Å². The standard InChI is InChI=1S/C32H33N3O4/c1-32(2,3)21-11-9-19(10-12-21)27-15-25-22(30(33)36)7-6-8-23(25)31(37)35(27)18-20-13-14-34-26-17-29(39-5)28(38-4)16-24(20)26/h6-14,16-17,27H,15,18H2,1-5H3,(H2,33,36). The molecule has 2 amide bonds. The van der Waals surface area contributed by atoms with Crippen LogP contribution in [0.4, 0.5) is 0 Å². The van der Waals surface area contributed by atoms with Crippen molar-refractivity contribution in [2.24, 2.45) is 5.73 Å². The third kappa shape index (κ3) is 4.80. The van der Waals surface area contributed by atoms with E-state index in [1.54, 1.807) is 38.6 Å². The average molecular weight is 524 g/mol. The molecule has 200 valence electrons. The lowest BCUT2D eigenvalue weighted by Gasteiger charge is -2.38. The molecule has 2 N–H and O–H groups in total. The Bertz CT molecular complexity index is 1570. The van der Waals surface area contributed by atoms with Gasteiger partial charge in [-0.3, -0.25) is 14.6 Å². The minimum atomic E-state index is -0.531. The van der Waals surface area contributed by atoms with E-state index in [9.17, 15) is 9.59 Å². The highest BCUT2D eigenvalue weighted by molar-refractivity contribution is 6.03. The Labute approximate surface area is 228 Å². The van der Waals surface area contributed by atoms with E-state index < -0.39 is 5.91 Å². The van der Waals surface area contributed by atoms with Gasteiger partial charge in [0.05, 0.1) is 25.8 Å². The van der Waals surface area contributed by atoms with Crippen LogP contribution in [-0.2, 0) is 18.4 Å². The zero-order valence-corrected chi connectivity index (χ0v) is 22.9. The summed E-state index contributed by atoms with van der Waals surface area (Å²) in [5.41, 5.74) is 11.2. The lowest BCUT2D eigenvalue weighted by molar-refractivity contribution is 0.0629. The molecule has 0 fully saturated rings. The highest BCUT2D eigenvalue weighted by Crippen LogP contribution is 2.39. The third-order valence-corrected chi connectivity index (χ3v) is 7.55. The zero-order chi connectivity index (χ0) is 27.9. The first-order chi connectivity index (χ1) is 18.6. The van der Waals surface area contributed by atoms with Crippen LogP contribution in [0, 0.1) is 0 Å². The van der Waals surface area contributed by atoms with Gasteiger partial charge < -0.3 is 20.1 Å². The van der Waals surface area contributed by atoms with Gasteiger partial charge >= 0.3 is 0 Å². The number of benzene rings is 3. The van der Waals surface area contributed by atoms with Crippen molar-refractivity contribution >= 4 is 22.7 Å². The summed E-state index contributed by atoms with van der Waals surface area (Å²) in [7, 11) is 3.19.